The number of carbonyl (C=O) groups is 4. The lowest BCUT2D eigenvalue weighted by Crippen LogP contribution is -2.42. The normalized spacial score (nSPS) is 16.1. The summed E-state index contributed by atoms with van der Waals surface area (Å²) in [7, 11) is 0. The molecule has 0 saturated carbocycles. The van der Waals surface area contributed by atoms with Crippen molar-refractivity contribution in [3.05, 3.63) is 0 Å². The van der Waals surface area contributed by atoms with Crippen molar-refractivity contribution in [2.24, 2.45) is 0 Å². The van der Waals surface area contributed by atoms with Crippen molar-refractivity contribution in [3.63, 3.8) is 0 Å². The molecule has 0 aliphatic rings. The van der Waals surface area contributed by atoms with E-state index in [1.54, 1.807) is 0 Å². The fourth-order valence-electron chi connectivity index (χ4n) is 0.901. The summed E-state index contributed by atoms with van der Waals surface area (Å²) in [5.74, 6) is -7.72. The zero-order chi connectivity index (χ0) is 17.4. The van der Waals surface area contributed by atoms with Gasteiger partial charge in [-0.15, -0.1) is 0 Å². The van der Waals surface area contributed by atoms with Gasteiger partial charge in [-0.05, 0) is 0 Å². The van der Waals surface area contributed by atoms with Gasteiger partial charge >= 0.3 is 23.9 Å². The molecule has 0 radical (unpaired) electrons. The lowest BCUT2D eigenvalue weighted by Gasteiger charge is -2.14. The van der Waals surface area contributed by atoms with Gasteiger partial charge in [0.05, 0.1) is 13.2 Å². The van der Waals surface area contributed by atoms with Crippen LogP contribution in [0.3, 0.4) is 0 Å². The number of aliphatic hydroxyl groups excluding tert-OH is 6. The maximum Gasteiger partial charge on any atom is 0.425 e. The third-order valence-electron chi connectivity index (χ3n) is 2.14. The monoisotopic (exact) mass is 326 g/mol. The zero-order valence-electron chi connectivity index (χ0n) is 10.9. The Hall–Kier alpha value is -1.96. The first-order chi connectivity index (χ1) is 10.1. The molecule has 0 heterocycles. The summed E-state index contributed by atoms with van der Waals surface area (Å²) >= 11 is 0. The first-order valence-electron chi connectivity index (χ1n) is 5.61. The quantitative estimate of drug-likeness (QED) is 0.153. The van der Waals surface area contributed by atoms with Crippen LogP contribution in [0.1, 0.15) is 0 Å². The van der Waals surface area contributed by atoms with Gasteiger partial charge in [-0.25, -0.2) is 19.2 Å². The summed E-state index contributed by atoms with van der Waals surface area (Å²) in [5, 5.41) is 52.7. The van der Waals surface area contributed by atoms with Crippen molar-refractivity contribution in [3.8, 4) is 0 Å². The van der Waals surface area contributed by atoms with Crippen LogP contribution in [0.2, 0.25) is 0 Å². The Kier molecular flexibility index (Phi) is 8.32. The van der Waals surface area contributed by atoms with Crippen molar-refractivity contribution in [2.75, 3.05) is 13.2 Å². The molecule has 0 unspecified atom stereocenters. The molecular formula is C10H14O12. The van der Waals surface area contributed by atoms with Crippen molar-refractivity contribution in [2.45, 2.75) is 24.4 Å². The molecule has 22 heavy (non-hydrogen) atoms. The highest BCUT2D eigenvalue weighted by molar-refractivity contribution is 6.33. The fourth-order valence-corrected chi connectivity index (χ4v) is 0.901. The van der Waals surface area contributed by atoms with Crippen LogP contribution < -0.4 is 0 Å². The number of esters is 4. The number of hydrogen-bond donors (Lipinski definition) is 6. The van der Waals surface area contributed by atoms with E-state index in [9.17, 15) is 19.2 Å². The highest BCUT2D eigenvalue weighted by Gasteiger charge is 2.33. The molecule has 126 valence electrons. The second-order valence-electron chi connectivity index (χ2n) is 3.81. The van der Waals surface area contributed by atoms with Gasteiger partial charge in [0.2, 0.25) is 0 Å². The second-order valence-corrected chi connectivity index (χ2v) is 3.81. The van der Waals surface area contributed by atoms with E-state index in [1.807, 2.05) is 0 Å². The summed E-state index contributed by atoms with van der Waals surface area (Å²) in [6.07, 6.45) is -8.61. The smallest absolute Gasteiger partial charge is 0.394 e. The Bertz CT molecular complexity index is 392. The van der Waals surface area contributed by atoms with Crippen LogP contribution in [0.25, 0.3) is 0 Å². The van der Waals surface area contributed by atoms with Crippen LogP contribution in [-0.4, -0.2) is 92.1 Å². The molecule has 6 N–H and O–H groups in total. The molecule has 0 bridgehead atoms. The highest BCUT2D eigenvalue weighted by Crippen LogP contribution is 2.00. The van der Waals surface area contributed by atoms with Gasteiger partial charge in [0.1, 0.15) is 12.2 Å². The van der Waals surface area contributed by atoms with E-state index in [0.29, 0.717) is 0 Å². The minimum absolute atomic E-state index is 1.04. The Labute approximate surface area is 122 Å². The molecule has 0 amide bonds. The molecule has 12 heteroatoms. The number of ether oxygens (including phenoxy) is 2. The number of rotatable bonds is 6. The molecule has 0 saturated heterocycles. The van der Waals surface area contributed by atoms with Crippen LogP contribution >= 0.6 is 0 Å². The van der Waals surface area contributed by atoms with Gasteiger partial charge in [-0.1, -0.05) is 0 Å². The van der Waals surface area contributed by atoms with Crippen molar-refractivity contribution in [1.82, 2.24) is 0 Å². The number of aliphatic hydroxyl groups is 6. The molecular weight excluding hydrogens is 312 g/mol. The molecule has 0 fully saturated rings. The van der Waals surface area contributed by atoms with Crippen molar-refractivity contribution < 1.29 is 59.3 Å². The molecule has 0 aromatic carbocycles. The minimum atomic E-state index is -2.33. The maximum absolute atomic E-state index is 11.1. The molecule has 0 aromatic heterocycles. The standard InChI is InChI=1S/C10H14O12/c11-1-3(13)5(15)7(17)21-9(19)10(20)22-8(18)6(16)4(14)2-12/h3-6,11-16H,1-2H2/t3-,4-,5+,6+/m0/s1. The van der Waals surface area contributed by atoms with E-state index < -0.39 is 61.5 Å². The Morgan fingerprint density at radius 1 is 0.682 bits per heavy atom. The summed E-state index contributed by atoms with van der Waals surface area (Å²) in [6, 6.07) is 0. The van der Waals surface area contributed by atoms with Crippen molar-refractivity contribution in [1.29, 1.82) is 0 Å². The molecule has 0 aliphatic carbocycles. The molecule has 12 nitrogen and oxygen atoms in total. The average Bonchev–Trinajstić information content (AvgIpc) is 2.51. The molecule has 0 aromatic rings. The topological polar surface area (TPSA) is 208 Å². The third kappa shape index (κ3) is 5.80. The lowest BCUT2D eigenvalue weighted by molar-refractivity contribution is -0.185. The SMILES string of the molecule is O=C(OC(=O)[C@H](O)[C@@H](O)CO)C(=O)OC(=O)[C@H](O)[C@@H](O)CO. The predicted octanol–water partition coefficient (Wildman–Crippen LogP) is -5.45. The van der Waals surface area contributed by atoms with Crippen LogP contribution in [0.4, 0.5) is 0 Å². The van der Waals surface area contributed by atoms with E-state index in [2.05, 4.69) is 9.47 Å². The van der Waals surface area contributed by atoms with E-state index in [4.69, 9.17) is 30.6 Å². The van der Waals surface area contributed by atoms with E-state index in [1.165, 1.54) is 0 Å². The summed E-state index contributed by atoms with van der Waals surface area (Å²) in [6.45, 7) is -2.09. The number of carbonyl (C=O) groups excluding carboxylic acids is 4. The zero-order valence-corrected chi connectivity index (χ0v) is 10.9. The molecule has 4 atom stereocenters. The summed E-state index contributed by atoms with van der Waals surface area (Å²) in [5.41, 5.74) is 0. The van der Waals surface area contributed by atoms with Gasteiger partial charge < -0.3 is 40.1 Å². The fraction of sp³-hybridized carbons (Fsp3) is 0.600. The van der Waals surface area contributed by atoms with Gasteiger partial charge in [-0.3, -0.25) is 0 Å². The van der Waals surface area contributed by atoms with Gasteiger partial charge in [0.25, 0.3) is 0 Å². The third-order valence-corrected chi connectivity index (χ3v) is 2.14. The van der Waals surface area contributed by atoms with Crippen LogP contribution in [0.15, 0.2) is 0 Å². The second kappa shape index (κ2) is 9.14. The molecule has 0 aliphatic heterocycles. The predicted molar refractivity (Wildman–Crippen MR) is 60.4 cm³/mol. The van der Waals surface area contributed by atoms with Crippen LogP contribution in [0, 0.1) is 0 Å². The summed E-state index contributed by atoms with van der Waals surface area (Å²) in [4.78, 5) is 44.2. The maximum atomic E-state index is 11.1. The molecule has 0 rings (SSSR count). The number of hydrogen-bond acceptors (Lipinski definition) is 12. The van der Waals surface area contributed by atoms with Gasteiger partial charge in [-0.2, -0.15) is 0 Å². The Balaban J connectivity index is 4.53. The summed E-state index contributed by atoms with van der Waals surface area (Å²) < 4.78 is 7.49. The largest absolute Gasteiger partial charge is 0.425 e. The van der Waals surface area contributed by atoms with Crippen LogP contribution in [-0.2, 0) is 28.7 Å². The van der Waals surface area contributed by atoms with Gasteiger partial charge in [0.15, 0.2) is 12.2 Å². The first-order valence-corrected chi connectivity index (χ1v) is 5.61. The Morgan fingerprint density at radius 2 is 0.955 bits per heavy atom. The van der Waals surface area contributed by atoms with Gasteiger partial charge in [0, 0.05) is 0 Å². The van der Waals surface area contributed by atoms with Crippen LogP contribution in [0.5, 0.6) is 0 Å². The Morgan fingerprint density at radius 3 is 1.18 bits per heavy atom. The molecule has 0 spiro atoms. The average molecular weight is 326 g/mol. The van der Waals surface area contributed by atoms with E-state index in [-0.39, 0.29) is 0 Å². The van der Waals surface area contributed by atoms with E-state index in [0.717, 1.165) is 0 Å². The lowest BCUT2D eigenvalue weighted by atomic mass is 10.2. The minimum Gasteiger partial charge on any atom is -0.394 e. The first kappa shape index (κ1) is 20.0. The van der Waals surface area contributed by atoms with Crippen molar-refractivity contribution >= 4 is 23.9 Å². The highest BCUT2D eigenvalue weighted by atomic mass is 16.6. The van der Waals surface area contributed by atoms with E-state index >= 15 is 0 Å².